The largest absolute Gasteiger partial charge is 0.388 e. The molecule has 1 N–H and O–H groups in total. The van der Waals surface area contributed by atoms with Crippen molar-refractivity contribution in [2.24, 2.45) is 0 Å². The summed E-state index contributed by atoms with van der Waals surface area (Å²) < 4.78 is 14.0. The Morgan fingerprint density at radius 3 is 2.63 bits per heavy atom. The van der Waals surface area contributed by atoms with Crippen molar-refractivity contribution in [2.75, 3.05) is 0 Å². The van der Waals surface area contributed by atoms with Crippen molar-refractivity contribution in [2.45, 2.75) is 19.4 Å². The van der Waals surface area contributed by atoms with Crippen LogP contribution in [0.1, 0.15) is 22.8 Å². The van der Waals surface area contributed by atoms with E-state index in [0.29, 0.717) is 15.9 Å². The molecule has 1 atom stereocenters. The van der Waals surface area contributed by atoms with Crippen LogP contribution < -0.4 is 0 Å². The maximum atomic E-state index is 13.3. The molecule has 0 aliphatic heterocycles. The molecule has 1 unspecified atom stereocenters. The predicted molar refractivity (Wildman–Crippen MR) is 79.0 cm³/mol. The lowest BCUT2D eigenvalue weighted by Gasteiger charge is -2.14. The van der Waals surface area contributed by atoms with E-state index in [-0.39, 0.29) is 5.82 Å². The molecular formula is C15H13BrClFO. The van der Waals surface area contributed by atoms with Crippen LogP contribution in [0.4, 0.5) is 4.39 Å². The lowest BCUT2D eigenvalue weighted by molar-refractivity contribution is 0.177. The van der Waals surface area contributed by atoms with Crippen LogP contribution in [0.2, 0.25) is 5.02 Å². The second-order valence-corrected chi connectivity index (χ2v) is 5.85. The third kappa shape index (κ3) is 3.78. The van der Waals surface area contributed by atoms with Gasteiger partial charge in [0.25, 0.3) is 0 Å². The quantitative estimate of drug-likeness (QED) is 0.846. The molecule has 0 aromatic heterocycles. The number of hydrogen-bond acceptors (Lipinski definition) is 1. The van der Waals surface area contributed by atoms with Crippen molar-refractivity contribution < 1.29 is 9.50 Å². The van der Waals surface area contributed by atoms with Crippen molar-refractivity contribution in [3.8, 4) is 0 Å². The molecule has 2 aromatic rings. The molecule has 2 rings (SSSR count). The Kier molecular flexibility index (Phi) is 4.61. The molecule has 0 spiro atoms. The molecular weight excluding hydrogens is 331 g/mol. The molecule has 0 fully saturated rings. The van der Waals surface area contributed by atoms with E-state index in [0.717, 1.165) is 16.7 Å². The zero-order valence-corrected chi connectivity index (χ0v) is 12.7. The highest BCUT2D eigenvalue weighted by Crippen LogP contribution is 2.25. The van der Waals surface area contributed by atoms with Crippen molar-refractivity contribution >= 4 is 27.5 Å². The van der Waals surface area contributed by atoms with Gasteiger partial charge in [0, 0.05) is 15.9 Å². The molecule has 0 heterocycles. The molecule has 2 aromatic carbocycles. The van der Waals surface area contributed by atoms with Gasteiger partial charge in [-0.2, -0.15) is 0 Å². The Balaban J connectivity index is 2.22. The molecule has 0 aliphatic rings. The van der Waals surface area contributed by atoms with Crippen LogP contribution in [-0.2, 0) is 6.42 Å². The first kappa shape index (κ1) is 14.5. The highest BCUT2D eigenvalue weighted by molar-refractivity contribution is 9.10. The fraction of sp³-hybridized carbons (Fsp3) is 0.200. The van der Waals surface area contributed by atoms with Gasteiger partial charge < -0.3 is 5.11 Å². The molecule has 100 valence electrons. The zero-order chi connectivity index (χ0) is 14.0. The van der Waals surface area contributed by atoms with Crippen molar-refractivity contribution in [3.05, 3.63) is 68.4 Å². The van der Waals surface area contributed by atoms with Gasteiger partial charge in [0.15, 0.2) is 0 Å². The number of benzene rings is 2. The van der Waals surface area contributed by atoms with Crippen LogP contribution in [0.25, 0.3) is 0 Å². The molecule has 0 saturated heterocycles. The summed E-state index contributed by atoms with van der Waals surface area (Å²) in [6.45, 7) is 1.89. The fourth-order valence-corrected chi connectivity index (χ4v) is 2.81. The van der Waals surface area contributed by atoms with Crippen LogP contribution in [-0.4, -0.2) is 5.11 Å². The van der Waals surface area contributed by atoms with Gasteiger partial charge in [0.2, 0.25) is 0 Å². The van der Waals surface area contributed by atoms with Crippen LogP contribution in [0.3, 0.4) is 0 Å². The Labute approximate surface area is 125 Å². The summed E-state index contributed by atoms with van der Waals surface area (Å²) in [5, 5.41) is 10.9. The average molecular weight is 344 g/mol. The first-order chi connectivity index (χ1) is 8.95. The van der Waals surface area contributed by atoms with Gasteiger partial charge >= 0.3 is 0 Å². The van der Waals surface area contributed by atoms with Gasteiger partial charge in [0.05, 0.1) is 6.10 Å². The van der Waals surface area contributed by atoms with E-state index in [4.69, 9.17) is 11.6 Å². The van der Waals surface area contributed by atoms with Crippen molar-refractivity contribution in [1.29, 1.82) is 0 Å². The van der Waals surface area contributed by atoms with Gasteiger partial charge in [-0.25, -0.2) is 4.39 Å². The Morgan fingerprint density at radius 2 is 2.00 bits per heavy atom. The van der Waals surface area contributed by atoms with Crippen LogP contribution >= 0.6 is 27.5 Å². The molecule has 19 heavy (non-hydrogen) atoms. The average Bonchev–Trinajstić information content (AvgIpc) is 2.26. The Morgan fingerprint density at radius 1 is 1.26 bits per heavy atom. The minimum Gasteiger partial charge on any atom is -0.388 e. The SMILES string of the molecule is Cc1cc(Cl)ccc1C(O)Cc1cc(F)cc(Br)c1. The van der Waals surface area contributed by atoms with E-state index in [1.807, 2.05) is 13.0 Å². The third-order valence-corrected chi connectivity index (χ3v) is 3.64. The van der Waals surface area contributed by atoms with Crippen LogP contribution in [0, 0.1) is 12.7 Å². The van der Waals surface area contributed by atoms with Crippen molar-refractivity contribution in [1.82, 2.24) is 0 Å². The summed E-state index contributed by atoms with van der Waals surface area (Å²) in [6, 6.07) is 9.98. The van der Waals surface area contributed by atoms with E-state index in [9.17, 15) is 9.50 Å². The minimum atomic E-state index is -0.675. The summed E-state index contributed by atoms with van der Waals surface area (Å²) in [4.78, 5) is 0. The van der Waals surface area contributed by atoms with E-state index in [1.54, 1.807) is 18.2 Å². The number of hydrogen-bond donors (Lipinski definition) is 1. The van der Waals surface area contributed by atoms with E-state index in [2.05, 4.69) is 15.9 Å². The fourth-order valence-electron chi connectivity index (χ4n) is 2.08. The van der Waals surface area contributed by atoms with Gasteiger partial charge in [-0.15, -0.1) is 0 Å². The van der Waals surface area contributed by atoms with Gasteiger partial charge in [-0.3, -0.25) is 0 Å². The highest BCUT2D eigenvalue weighted by atomic mass is 79.9. The van der Waals surface area contributed by atoms with Gasteiger partial charge in [-0.05, 0) is 53.9 Å². The molecule has 0 amide bonds. The first-order valence-corrected chi connectivity index (χ1v) is 7.02. The standard InChI is InChI=1S/C15H13BrClFO/c1-9-4-12(17)2-3-14(9)15(19)7-10-5-11(16)8-13(18)6-10/h2-6,8,15,19H,7H2,1H3. The number of aryl methyl sites for hydroxylation is 1. The molecule has 0 radical (unpaired) electrons. The lowest BCUT2D eigenvalue weighted by Crippen LogP contribution is -2.04. The summed E-state index contributed by atoms with van der Waals surface area (Å²) in [6.07, 6.45) is -0.315. The first-order valence-electron chi connectivity index (χ1n) is 5.85. The summed E-state index contributed by atoms with van der Waals surface area (Å²) in [5.74, 6) is -0.315. The van der Waals surface area contributed by atoms with Crippen LogP contribution in [0.15, 0.2) is 40.9 Å². The Hall–Kier alpha value is -0.900. The molecule has 1 nitrogen and oxygen atoms in total. The lowest BCUT2D eigenvalue weighted by atomic mass is 9.98. The predicted octanol–water partition coefficient (Wildman–Crippen LogP) is 4.83. The van der Waals surface area contributed by atoms with E-state index < -0.39 is 6.10 Å². The number of aliphatic hydroxyl groups is 1. The van der Waals surface area contributed by atoms with Crippen molar-refractivity contribution in [3.63, 3.8) is 0 Å². The second kappa shape index (κ2) is 6.04. The molecule has 0 aliphatic carbocycles. The summed E-state index contributed by atoms with van der Waals surface area (Å²) in [5.41, 5.74) is 2.48. The highest BCUT2D eigenvalue weighted by Gasteiger charge is 2.12. The minimum absolute atomic E-state index is 0.315. The summed E-state index contributed by atoms with van der Waals surface area (Å²) in [7, 11) is 0. The van der Waals surface area contributed by atoms with Crippen LogP contribution in [0.5, 0.6) is 0 Å². The Bertz CT molecular complexity index is 580. The molecule has 0 saturated carbocycles. The third-order valence-electron chi connectivity index (χ3n) is 2.94. The summed E-state index contributed by atoms with van der Waals surface area (Å²) >= 11 is 9.13. The number of aliphatic hydroxyl groups excluding tert-OH is 1. The molecule has 0 bridgehead atoms. The van der Waals surface area contributed by atoms with Gasteiger partial charge in [-0.1, -0.05) is 33.6 Å². The second-order valence-electron chi connectivity index (χ2n) is 4.50. The topological polar surface area (TPSA) is 20.2 Å². The van der Waals surface area contributed by atoms with E-state index >= 15 is 0 Å². The monoisotopic (exact) mass is 342 g/mol. The normalized spacial score (nSPS) is 12.5. The van der Waals surface area contributed by atoms with E-state index in [1.165, 1.54) is 12.1 Å². The molecule has 4 heteroatoms. The maximum Gasteiger partial charge on any atom is 0.124 e. The number of rotatable bonds is 3. The van der Waals surface area contributed by atoms with Gasteiger partial charge in [0.1, 0.15) is 5.82 Å². The maximum absolute atomic E-state index is 13.3. The number of halogens is 3. The smallest absolute Gasteiger partial charge is 0.124 e. The zero-order valence-electron chi connectivity index (χ0n) is 10.3.